The normalized spacial score (nSPS) is 16.4. The molecule has 1 aliphatic heterocycles. The number of nitrogens with one attached hydrogen (secondary N) is 2. The van der Waals surface area contributed by atoms with E-state index in [1.807, 2.05) is 44.4 Å². The van der Waals surface area contributed by atoms with Crippen molar-refractivity contribution in [3.63, 3.8) is 0 Å². The van der Waals surface area contributed by atoms with Gasteiger partial charge in [-0.3, -0.25) is 9.59 Å². The Hall–Kier alpha value is -2.75. The lowest BCUT2D eigenvalue weighted by atomic mass is 10.1. The van der Waals surface area contributed by atoms with Crippen molar-refractivity contribution in [2.45, 2.75) is 24.2 Å². The maximum Gasteiger partial charge on any atom is 0.240 e. The summed E-state index contributed by atoms with van der Waals surface area (Å²) in [6.07, 6.45) is 1.66. The second-order valence-electron chi connectivity index (χ2n) is 8.54. The number of benzene rings is 2. The fourth-order valence-corrected chi connectivity index (χ4v) is 4.79. The molecule has 0 radical (unpaired) electrons. The number of nitrogens with zero attached hydrogens (tertiary/aromatic N) is 2. The topological polar surface area (TPSA) is 98.8 Å². The first-order chi connectivity index (χ1) is 15.7. The third-order valence-corrected chi connectivity index (χ3v) is 7.08. The molecule has 2 aromatic rings. The quantitative estimate of drug-likeness (QED) is 0.521. The van der Waals surface area contributed by atoms with E-state index in [-0.39, 0.29) is 23.1 Å². The van der Waals surface area contributed by atoms with Crippen LogP contribution in [0.4, 0.5) is 5.69 Å². The zero-order valence-electron chi connectivity index (χ0n) is 19.2. The molecular weight excluding hydrogens is 440 g/mol. The van der Waals surface area contributed by atoms with E-state index in [4.69, 9.17) is 0 Å². The third-order valence-electron chi connectivity index (χ3n) is 5.60. The molecule has 0 bridgehead atoms. The van der Waals surface area contributed by atoms with Crippen molar-refractivity contribution in [2.75, 3.05) is 45.6 Å². The van der Waals surface area contributed by atoms with E-state index in [0.717, 1.165) is 18.5 Å². The summed E-state index contributed by atoms with van der Waals surface area (Å²) in [7, 11) is 0.333. The number of sulfonamides is 1. The Morgan fingerprint density at radius 3 is 2.45 bits per heavy atom. The van der Waals surface area contributed by atoms with Crippen LogP contribution < -0.4 is 10.0 Å². The van der Waals surface area contributed by atoms with Gasteiger partial charge in [-0.25, -0.2) is 13.1 Å². The van der Waals surface area contributed by atoms with Crippen LogP contribution in [0.25, 0.3) is 0 Å². The number of hydrogen-bond donors (Lipinski definition) is 2. The van der Waals surface area contributed by atoms with Gasteiger partial charge in [0.15, 0.2) is 0 Å². The van der Waals surface area contributed by atoms with E-state index in [1.54, 1.807) is 17.0 Å². The smallest absolute Gasteiger partial charge is 0.240 e. The number of hydrogen-bond acceptors (Lipinski definition) is 5. The predicted octanol–water partition coefficient (Wildman–Crippen LogP) is 1.95. The summed E-state index contributed by atoms with van der Waals surface area (Å²) in [5.74, 6) is -0.633. The average Bonchev–Trinajstić information content (AvgIpc) is 3.15. The standard InChI is InChI=1S/C24H32N4O4S/c1-27(2)15-6-16-28-18-20(17-23(28)29)24(30)26-21-9-11-22(12-10-21)33(31,32)25-14-13-19-7-4-3-5-8-19/h3-5,7-12,20,25H,6,13-18H2,1-2H3,(H,26,30). The summed E-state index contributed by atoms with van der Waals surface area (Å²) in [5, 5.41) is 2.80. The Balaban J connectivity index is 1.49. The zero-order chi connectivity index (χ0) is 23.8. The molecule has 0 spiro atoms. The van der Waals surface area contributed by atoms with Gasteiger partial charge in [-0.2, -0.15) is 0 Å². The van der Waals surface area contributed by atoms with Crippen LogP contribution in [0.3, 0.4) is 0 Å². The molecule has 2 N–H and O–H groups in total. The fourth-order valence-electron chi connectivity index (χ4n) is 3.76. The summed E-state index contributed by atoms with van der Waals surface area (Å²) in [6.45, 7) is 2.24. The van der Waals surface area contributed by atoms with Crippen molar-refractivity contribution >= 4 is 27.5 Å². The first kappa shape index (κ1) is 24.9. The second-order valence-corrected chi connectivity index (χ2v) is 10.3. The van der Waals surface area contributed by atoms with Gasteiger partial charge < -0.3 is 15.1 Å². The highest BCUT2D eigenvalue weighted by molar-refractivity contribution is 7.89. The minimum Gasteiger partial charge on any atom is -0.342 e. The van der Waals surface area contributed by atoms with E-state index in [9.17, 15) is 18.0 Å². The van der Waals surface area contributed by atoms with Gasteiger partial charge in [-0.1, -0.05) is 30.3 Å². The lowest BCUT2D eigenvalue weighted by molar-refractivity contribution is -0.128. The molecule has 1 unspecified atom stereocenters. The highest BCUT2D eigenvalue weighted by Crippen LogP contribution is 2.21. The number of rotatable bonds is 11. The highest BCUT2D eigenvalue weighted by atomic mass is 32.2. The monoisotopic (exact) mass is 472 g/mol. The van der Waals surface area contributed by atoms with Gasteiger partial charge in [-0.05, 0) is 63.3 Å². The number of anilines is 1. The summed E-state index contributed by atoms with van der Waals surface area (Å²) >= 11 is 0. The molecule has 2 aromatic carbocycles. The average molecular weight is 473 g/mol. The van der Waals surface area contributed by atoms with Crippen LogP contribution in [-0.2, 0) is 26.0 Å². The molecule has 178 valence electrons. The molecule has 8 nitrogen and oxygen atoms in total. The van der Waals surface area contributed by atoms with Crippen LogP contribution in [0.1, 0.15) is 18.4 Å². The molecule has 1 saturated heterocycles. The Kier molecular flexibility index (Phi) is 8.60. The SMILES string of the molecule is CN(C)CCCN1CC(C(=O)Nc2ccc(S(=O)(=O)NCCc3ccccc3)cc2)CC1=O. The first-order valence-electron chi connectivity index (χ1n) is 11.1. The van der Waals surface area contributed by atoms with Crippen molar-refractivity contribution < 1.29 is 18.0 Å². The van der Waals surface area contributed by atoms with Crippen LogP contribution in [0, 0.1) is 5.92 Å². The van der Waals surface area contributed by atoms with Crippen molar-refractivity contribution in [3.8, 4) is 0 Å². The van der Waals surface area contributed by atoms with Gasteiger partial charge in [0.2, 0.25) is 21.8 Å². The lowest BCUT2D eigenvalue weighted by Crippen LogP contribution is -2.30. The number of amides is 2. The zero-order valence-corrected chi connectivity index (χ0v) is 20.0. The molecule has 3 rings (SSSR count). The number of carbonyl (C=O) groups excluding carboxylic acids is 2. The molecule has 0 aliphatic carbocycles. The van der Waals surface area contributed by atoms with Crippen LogP contribution in [0.15, 0.2) is 59.5 Å². The van der Waals surface area contributed by atoms with Crippen molar-refractivity contribution in [2.24, 2.45) is 5.92 Å². The van der Waals surface area contributed by atoms with Gasteiger partial charge in [0.05, 0.1) is 10.8 Å². The molecule has 0 aromatic heterocycles. The Labute approximate surface area is 196 Å². The van der Waals surface area contributed by atoms with Crippen LogP contribution >= 0.6 is 0 Å². The van der Waals surface area contributed by atoms with Crippen LogP contribution in [-0.4, -0.2) is 70.3 Å². The highest BCUT2D eigenvalue weighted by Gasteiger charge is 2.34. The van der Waals surface area contributed by atoms with Gasteiger partial charge in [0.1, 0.15) is 0 Å². The number of likely N-dealkylation sites (tertiary alicyclic amines) is 1. The second kappa shape index (κ2) is 11.4. The molecule has 1 fully saturated rings. The lowest BCUT2D eigenvalue weighted by Gasteiger charge is -2.18. The molecular formula is C24H32N4O4S. The predicted molar refractivity (Wildman–Crippen MR) is 128 cm³/mol. The molecule has 1 heterocycles. The van der Waals surface area contributed by atoms with Gasteiger partial charge in [-0.15, -0.1) is 0 Å². The molecule has 1 aliphatic rings. The molecule has 33 heavy (non-hydrogen) atoms. The maximum absolute atomic E-state index is 12.6. The molecule has 1 atom stereocenters. The molecule has 2 amide bonds. The van der Waals surface area contributed by atoms with E-state index in [1.165, 1.54) is 12.1 Å². The maximum atomic E-state index is 12.6. The van der Waals surface area contributed by atoms with E-state index < -0.39 is 15.9 Å². The minimum atomic E-state index is -3.64. The van der Waals surface area contributed by atoms with Gasteiger partial charge in [0.25, 0.3) is 0 Å². The largest absolute Gasteiger partial charge is 0.342 e. The van der Waals surface area contributed by atoms with Crippen molar-refractivity contribution in [1.82, 2.24) is 14.5 Å². The molecule has 0 saturated carbocycles. The summed E-state index contributed by atoms with van der Waals surface area (Å²) in [5.41, 5.74) is 1.56. The van der Waals surface area contributed by atoms with Crippen molar-refractivity contribution in [3.05, 3.63) is 60.2 Å². The van der Waals surface area contributed by atoms with Gasteiger partial charge in [0, 0.05) is 31.7 Å². The first-order valence-corrected chi connectivity index (χ1v) is 12.6. The third kappa shape index (κ3) is 7.38. The van der Waals surface area contributed by atoms with Crippen LogP contribution in [0.2, 0.25) is 0 Å². The van der Waals surface area contributed by atoms with E-state index in [2.05, 4.69) is 14.9 Å². The fraction of sp³-hybridized carbons (Fsp3) is 0.417. The summed E-state index contributed by atoms with van der Waals surface area (Å²) in [4.78, 5) is 28.8. The van der Waals surface area contributed by atoms with E-state index >= 15 is 0 Å². The summed E-state index contributed by atoms with van der Waals surface area (Å²) in [6, 6.07) is 15.7. The Morgan fingerprint density at radius 1 is 1.09 bits per heavy atom. The molecule has 9 heteroatoms. The Bertz CT molecular complexity index is 1040. The summed E-state index contributed by atoms with van der Waals surface area (Å²) < 4.78 is 27.6. The van der Waals surface area contributed by atoms with Crippen LogP contribution in [0.5, 0.6) is 0 Å². The number of carbonyl (C=O) groups is 2. The Morgan fingerprint density at radius 2 is 1.79 bits per heavy atom. The van der Waals surface area contributed by atoms with Crippen molar-refractivity contribution in [1.29, 1.82) is 0 Å². The van der Waals surface area contributed by atoms with Gasteiger partial charge >= 0.3 is 0 Å². The van der Waals surface area contributed by atoms with E-state index in [0.29, 0.717) is 31.7 Å². The minimum absolute atomic E-state index is 0.00285.